The summed E-state index contributed by atoms with van der Waals surface area (Å²) < 4.78 is 16.2. The smallest absolute Gasteiger partial charge is 0.124 e. The molecule has 0 saturated carbocycles. The maximum atomic E-state index is 9.18. The largest absolute Gasteiger partial charge is 0.497 e. The highest BCUT2D eigenvalue weighted by Gasteiger charge is 2.01. The number of aliphatic hydroxyl groups excluding tert-OH is 1. The van der Waals surface area contributed by atoms with Crippen molar-refractivity contribution >= 4 is 0 Å². The molecule has 0 spiro atoms. The highest BCUT2D eigenvalue weighted by molar-refractivity contribution is 5.33. The summed E-state index contributed by atoms with van der Waals surface area (Å²) in [5.41, 5.74) is 0.775. The lowest BCUT2D eigenvalue weighted by Crippen LogP contribution is -2.10. The molecular weight excluding hydrogens is 256 g/mol. The number of benzene rings is 2. The van der Waals surface area contributed by atoms with Crippen LogP contribution in [-0.4, -0.2) is 25.4 Å². The summed E-state index contributed by atoms with van der Waals surface area (Å²) in [6.45, 7) is 0.824. The summed E-state index contributed by atoms with van der Waals surface area (Å²) >= 11 is 0. The van der Waals surface area contributed by atoms with Crippen LogP contribution in [0.3, 0.4) is 0 Å². The lowest BCUT2D eigenvalue weighted by atomic mass is 10.2. The molecule has 0 fully saturated rings. The number of rotatable bonds is 7. The molecule has 0 amide bonds. The molecule has 0 saturated heterocycles. The van der Waals surface area contributed by atoms with E-state index in [0.717, 1.165) is 17.1 Å². The van der Waals surface area contributed by atoms with Crippen LogP contribution in [0.4, 0.5) is 0 Å². The molecule has 20 heavy (non-hydrogen) atoms. The van der Waals surface area contributed by atoms with Gasteiger partial charge in [-0.25, -0.2) is 0 Å². The second-order valence-electron chi connectivity index (χ2n) is 4.14. The van der Waals surface area contributed by atoms with Crippen LogP contribution in [0.5, 0.6) is 17.2 Å². The first-order valence-corrected chi connectivity index (χ1v) is 6.42. The second kappa shape index (κ2) is 7.40. The fourth-order valence-electron chi connectivity index (χ4n) is 1.76. The summed E-state index contributed by atoms with van der Waals surface area (Å²) in [4.78, 5) is 0. The van der Waals surface area contributed by atoms with Crippen molar-refractivity contribution in [2.45, 2.75) is 6.61 Å². The van der Waals surface area contributed by atoms with Gasteiger partial charge < -0.3 is 19.3 Å². The molecule has 4 heteroatoms. The third-order valence-corrected chi connectivity index (χ3v) is 2.81. The molecule has 2 rings (SSSR count). The average Bonchev–Trinajstić information content (AvgIpc) is 2.52. The van der Waals surface area contributed by atoms with Crippen molar-refractivity contribution in [3.05, 3.63) is 54.1 Å². The molecule has 2 aromatic carbocycles. The summed E-state index contributed by atoms with van der Waals surface area (Å²) in [5.74, 6) is 2.25. The Morgan fingerprint density at radius 1 is 0.850 bits per heavy atom. The predicted molar refractivity (Wildman–Crippen MR) is 76.3 cm³/mol. The number of para-hydroxylation sites is 1. The monoisotopic (exact) mass is 274 g/mol. The standard InChI is InChI=1S/C16H18O4/c1-18-14-6-8-15(9-7-14)19-10-11-20-16-5-3-2-4-13(16)12-17/h2-9,17H,10-12H2,1H3. The van der Waals surface area contributed by atoms with Crippen LogP contribution >= 0.6 is 0 Å². The highest BCUT2D eigenvalue weighted by Crippen LogP contribution is 2.18. The maximum Gasteiger partial charge on any atom is 0.124 e. The molecule has 0 aromatic heterocycles. The SMILES string of the molecule is COc1ccc(OCCOc2ccccc2CO)cc1. The van der Waals surface area contributed by atoms with Gasteiger partial charge in [0.1, 0.15) is 30.5 Å². The van der Waals surface area contributed by atoms with Gasteiger partial charge in [-0.15, -0.1) is 0 Å². The van der Waals surface area contributed by atoms with Gasteiger partial charge >= 0.3 is 0 Å². The van der Waals surface area contributed by atoms with Crippen LogP contribution in [0, 0.1) is 0 Å². The summed E-state index contributed by atoms with van der Waals surface area (Å²) in [7, 11) is 1.63. The number of hydrogen-bond acceptors (Lipinski definition) is 4. The van der Waals surface area contributed by atoms with E-state index in [1.165, 1.54) is 0 Å². The summed E-state index contributed by atoms with van der Waals surface area (Å²) in [6, 6.07) is 14.8. The van der Waals surface area contributed by atoms with E-state index in [1.807, 2.05) is 48.5 Å². The second-order valence-corrected chi connectivity index (χ2v) is 4.14. The Balaban J connectivity index is 1.78. The highest BCUT2D eigenvalue weighted by atomic mass is 16.5. The topological polar surface area (TPSA) is 47.9 Å². The Kier molecular flexibility index (Phi) is 5.26. The normalized spacial score (nSPS) is 10.1. The van der Waals surface area contributed by atoms with E-state index in [1.54, 1.807) is 7.11 Å². The van der Waals surface area contributed by atoms with Gasteiger partial charge in [-0.3, -0.25) is 0 Å². The zero-order valence-electron chi connectivity index (χ0n) is 11.4. The number of aliphatic hydroxyl groups is 1. The first-order chi connectivity index (χ1) is 9.83. The van der Waals surface area contributed by atoms with E-state index in [2.05, 4.69) is 0 Å². The third kappa shape index (κ3) is 3.90. The van der Waals surface area contributed by atoms with E-state index >= 15 is 0 Å². The molecule has 4 nitrogen and oxygen atoms in total. The van der Waals surface area contributed by atoms with Crippen LogP contribution in [-0.2, 0) is 6.61 Å². The minimum absolute atomic E-state index is 0.0322. The molecule has 0 bridgehead atoms. The number of methoxy groups -OCH3 is 1. The number of ether oxygens (including phenoxy) is 3. The molecule has 2 aromatic rings. The Bertz CT molecular complexity index is 522. The average molecular weight is 274 g/mol. The van der Waals surface area contributed by atoms with Crippen LogP contribution in [0.1, 0.15) is 5.56 Å². The van der Waals surface area contributed by atoms with E-state index in [-0.39, 0.29) is 6.61 Å². The first kappa shape index (κ1) is 14.2. The molecule has 106 valence electrons. The Labute approximate surface area is 118 Å². The lowest BCUT2D eigenvalue weighted by molar-refractivity contribution is 0.209. The van der Waals surface area contributed by atoms with Crippen molar-refractivity contribution in [3.63, 3.8) is 0 Å². The summed E-state index contributed by atoms with van der Waals surface area (Å²) in [6.07, 6.45) is 0. The van der Waals surface area contributed by atoms with Gasteiger partial charge in [0, 0.05) is 5.56 Å². The van der Waals surface area contributed by atoms with Gasteiger partial charge in [0.25, 0.3) is 0 Å². The molecule has 0 radical (unpaired) electrons. The molecule has 0 unspecified atom stereocenters. The minimum Gasteiger partial charge on any atom is -0.497 e. The van der Waals surface area contributed by atoms with E-state index in [0.29, 0.717) is 19.0 Å². The quantitative estimate of drug-likeness (QED) is 0.789. The van der Waals surface area contributed by atoms with Gasteiger partial charge in [0.05, 0.1) is 13.7 Å². The van der Waals surface area contributed by atoms with Gasteiger partial charge in [-0.05, 0) is 30.3 Å². The van der Waals surface area contributed by atoms with Crippen molar-refractivity contribution in [1.29, 1.82) is 0 Å². The van der Waals surface area contributed by atoms with Gasteiger partial charge in [0.15, 0.2) is 0 Å². The third-order valence-electron chi connectivity index (χ3n) is 2.81. The van der Waals surface area contributed by atoms with Crippen molar-refractivity contribution in [2.24, 2.45) is 0 Å². The molecule has 0 aliphatic carbocycles. The predicted octanol–water partition coefficient (Wildman–Crippen LogP) is 2.65. The zero-order chi connectivity index (χ0) is 14.2. The minimum atomic E-state index is -0.0322. The van der Waals surface area contributed by atoms with Gasteiger partial charge in [-0.2, -0.15) is 0 Å². The van der Waals surface area contributed by atoms with Gasteiger partial charge in [-0.1, -0.05) is 18.2 Å². The van der Waals surface area contributed by atoms with Crippen molar-refractivity contribution in [3.8, 4) is 17.2 Å². The maximum absolute atomic E-state index is 9.18. The van der Waals surface area contributed by atoms with Crippen molar-refractivity contribution in [2.75, 3.05) is 20.3 Å². The zero-order valence-corrected chi connectivity index (χ0v) is 11.4. The van der Waals surface area contributed by atoms with Crippen molar-refractivity contribution < 1.29 is 19.3 Å². The van der Waals surface area contributed by atoms with Gasteiger partial charge in [0.2, 0.25) is 0 Å². The van der Waals surface area contributed by atoms with Crippen LogP contribution in [0.15, 0.2) is 48.5 Å². The van der Waals surface area contributed by atoms with E-state index < -0.39 is 0 Å². The van der Waals surface area contributed by atoms with E-state index in [4.69, 9.17) is 14.2 Å². The van der Waals surface area contributed by atoms with Crippen LogP contribution < -0.4 is 14.2 Å². The fraction of sp³-hybridized carbons (Fsp3) is 0.250. The Morgan fingerprint density at radius 2 is 1.50 bits per heavy atom. The van der Waals surface area contributed by atoms with Crippen LogP contribution in [0.25, 0.3) is 0 Å². The van der Waals surface area contributed by atoms with Crippen molar-refractivity contribution in [1.82, 2.24) is 0 Å². The number of hydrogen-bond donors (Lipinski definition) is 1. The lowest BCUT2D eigenvalue weighted by Gasteiger charge is -2.11. The van der Waals surface area contributed by atoms with E-state index in [9.17, 15) is 5.11 Å². The molecular formula is C16H18O4. The Morgan fingerprint density at radius 3 is 2.20 bits per heavy atom. The molecule has 0 atom stereocenters. The summed E-state index contributed by atoms with van der Waals surface area (Å²) in [5, 5.41) is 9.18. The molecule has 0 heterocycles. The van der Waals surface area contributed by atoms with Crippen LogP contribution in [0.2, 0.25) is 0 Å². The first-order valence-electron chi connectivity index (χ1n) is 6.42. The molecule has 0 aliphatic heterocycles. The molecule has 1 N–H and O–H groups in total. The molecule has 0 aliphatic rings. The fourth-order valence-corrected chi connectivity index (χ4v) is 1.76. The Hall–Kier alpha value is -2.20.